The zero-order valence-electron chi connectivity index (χ0n) is 8.23. The van der Waals surface area contributed by atoms with Gasteiger partial charge >= 0.3 is 0 Å². The van der Waals surface area contributed by atoms with Gasteiger partial charge < -0.3 is 14.8 Å². The monoisotopic (exact) mass is 210 g/mol. The highest BCUT2D eigenvalue weighted by atomic mass is 32.1. The molecular formula is C9H14N4S. The van der Waals surface area contributed by atoms with Gasteiger partial charge in [0, 0.05) is 38.6 Å². The summed E-state index contributed by atoms with van der Waals surface area (Å²) in [5.74, 6) is 0.810. The molecule has 1 aromatic heterocycles. The molecule has 76 valence electrons. The Kier molecular flexibility index (Phi) is 2.79. The highest BCUT2D eigenvalue weighted by Crippen LogP contribution is 2.05. The van der Waals surface area contributed by atoms with Gasteiger partial charge in [0.2, 0.25) is 0 Å². The highest BCUT2D eigenvalue weighted by molar-refractivity contribution is 7.80. The SMILES string of the molecule is CN1CCN(C(=S)c2ncc[nH]2)CC1. The van der Waals surface area contributed by atoms with Gasteiger partial charge in [0.1, 0.15) is 4.99 Å². The number of H-pyrrole nitrogens is 1. The van der Waals surface area contributed by atoms with Gasteiger partial charge in [0.05, 0.1) is 0 Å². The molecule has 1 N–H and O–H groups in total. The van der Waals surface area contributed by atoms with E-state index in [9.17, 15) is 0 Å². The summed E-state index contributed by atoms with van der Waals surface area (Å²) in [6.07, 6.45) is 3.54. The van der Waals surface area contributed by atoms with E-state index in [4.69, 9.17) is 12.2 Å². The zero-order chi connectivity index (χ0) is 9.97. The predicted octanol–water partition coefficient (Wildman–Crippen LogP) is 0.333. The normalized spacial score (nSPS) is 18.5. The summed E-state index contributed by atoms with van der Waals surface area (Å²) in [7, 11) is 2.13. The summed E-state index contributed by atoms with van der Waals surface area (Å²) < 4.78 is 0. The molecule has 1 saturated heterocycles. The Morgan fingerprint density at radius 3 is 2.71 bits per heavy atom. The van der Waals surface area contributed by atoms with Crippen LogP contribution in [0.4, 0.5) is 0 Å². The lowest BCUT2D eigenvalue weighted by Crippen LogP contribution is -2.47. The molecule has 2 heterocycles. The molecule has 0 bridgehead atoms. The second kappa shape index (κ2) is 4.06. The number of nitrogens with zero attached hydrogens (tertiary/aromatic N) is 3. The molecule has 0 aliphatic carbocycles. The van der Waals surface area contributed by atoms with Crippen LogP contribution >= 0.6 is 12.2 Å². The molecule has 14 heavy (non-hydrogen) atoms. The molecule has 0 amide bonds. The third-order valence-corrected chi connectivity index (χ3v) is 2.94. The molecule has 0 saturated carbocycles. The first-order valence-corrected chi connectivity index (χ1v) is 5.15. The second-order valence-electron chi connectivity index (χ2n) is 3.53. The van der Waals surface area contributed by atoms with Gasteiger partial charge in [-0.25, -0.2) is 4.98 Å². The number of thiocarbonyl (C=S) groups is 1. The summed E-state index contributed by atoms with van der Waals surface area (Å²) >= 11 is 5.35. The maximum atomic E-state index is 5.35. The van der Waals surface area contributed by atoms with E-state index in [1.54, 1.807) is 12.4 Å². The van der Waals surface area contributed by atoms with Crippen LogP contribution in [0.5, 0.6) is 0 Å². The number of aromatic amines is 1. The van der Waals surface area contributed by atoms with Gasteiger partial charge in [-0.05, 0) is 7.05 Å². The van der Waals surface area contributed by atoms with Crippen LogP contribution in [0.15, 0.2) is 12.4 Å². The molecule has 0 atom stereocenters. The molecular weight excluding hydrogens is 196 g/mol. The van der Waals surface area contributed by atoms with Crippen molar-refractivity contribution in [3.63, 3.8) is 0 Å². The highest BCUT2D eigenvalue weighted by Gasteiger charge is 2.18. The minimum atomic E-state index is 0.810. The molecule has 5 heteroatoms. The third kappa shape index (κ3) is 1.93. The van der Waals surface area contributed by atoms with E-state index in [1.807, 2.05) is 0 Å². The zero-order valence-corrected chi connectivity index (χ0v) is 9.05. The Balaban J connectivity index is 1.99. The lowest BCUT2D eigenvalue weighted by atomic mass is 10.3. The fraction of sp³-hybridized carbons (Fsp3) is 0.556. The smallest absolute Gasteiger partial charge is 0.165 e. The van der Waals surface area contributed by atoms with Crippen molar-refractivity contribution in [1.29, 1.82) is 0 Å². The lowest BCUT2D eigenvalue weighted by Gasteiger charge is -2.33. The van der Waals surface area contributed by atoms with E-state index in [2.05, 4.69) is 26.8 Å². The number of imidazole rings is 1. The topological polar surface area (TPSA) is 35.2 Å². The van der Waals surface area contributed by atoms with Gasteiger partial charge in [-0.2, -0.15) is 0 Å². The Morgan fingerprint density at radius 2 is 2.14 bits per heavy atom. The van der Waals surface area contributed by atoms with Crippen molar-refractivity contribution in [2.24, 2.45) is 0 Å². The first kappa shape index (κ1) is 9.61. The number of aromatic nitrogens is 2. The summed E-state index contributed by atoms with van der Waals surface area (Å²) in [6, 6.07) is 0. The molecule has 1 aliphatic heterocycles. The Labute approximate surface area is 88.9 Å². The first-order valence-electron chi connectivity index (χ1n) is 4.74. The lowest BCUT2D eigenvalue weighted by molar-refractivity contribution is 0.217. The van der Waals surface area contributed by atoms with Gasteiger partial charge in [0.15, 0.2) is 5.82 Å². The average Bonchev–Trinajstić information content (AvgIpc) is 2.71. The Morgan fingerprint density at radius 1 is 1.43 bits per heavy atom. The van der Waals surface area contributed by atoms with Crippen molar-refractivity contribution in [1.82, 2.24) is 19.8 Å². The van der Waals surface area contributed by atoms with Crippen LogP contribution in [0.2, 0.25) is 0 Å². The molecule has 0 unspecified atom stereocenters. The van der Waals surface area contributed by atoms with Crippen LogP contribution in [0.1, 0.15) is 5.82 Å². The van der Waals surface area contributed by atoms with E-state index in [0.717, 1.165) is 37.0 Å². The van der Waals surface area contributed by atoms with E-state index < -0.39 is 0 Å². The van der Waals surface area contributed by atoms with E-state index in [1.165, 1.54) is 0 Å². The van der Waals surface area contributed by atoms with Crippen LogP contribution in [-0.2, 0) is 0 Å². The quantitative estimate of drug-likeness (QED) is 0.678. The molecule has 1 fully saturated rings. The number of piperazine rings is 1. The van der Waals surface area contributed by atoms with Gasteiger partial charge in [-0.15, -0.1) is 0 Å². The maximum Gasteiger partial charge on any atom is 0.165 e. The average molecular weight is 210 g/mol. The maximum absolute atomic E-state index is 5.35. The van der Waals surface area contributed by atoms with E-state index >= 15 is 0 Å². The fourth-order valence-electron chi connectivity index (χ4n) is 1.54. The minimum Gasteiger partial charge on any atom is -0.357 e. The fourth-order valence-corrected chi connectivity index (χ4v) is 1.84. The molecule has 1 aromatic rings. The van der Waals surface area contributed by atoms with Crippen molar-refractivity contribution in [3.8, 4) is 0 Å². The standard InChI is InChI=1S/C9H14N4S/c1-12-4-6-13(7-5-12)9(14)8-10-2-3-11-8/h2-3H,4-7H2,1H3,(H,10,11). The van der Waals surface area contributed by atoms with Crippen LogP contribution in [0.3, 0.4) is 0 Å². The molecule has 0 spiro atoms. The van der Waals surface area contributed by atoms with Crippen molar-refractivity contribution in [2.75, 3.05) is 33.2 Å². The van der Waals surface area contributed by atoms with E-state index in [-0.39, 0.29) is 0 Å². The Hall–Kier alpha value is -0.940. The van der Waals surface area contributed by atoms with Crippen LogP contribution in [0.25, 0.3) is 0 Å². The van der Waals surface area contributed by atoms with E-state index in [0.29, 0.717) is 0 Å². The first-order chi connectivity index (χ1) is 6.77. The van der Waals surface area contributed by atoms with Crippen molar-refractivity contribution >= 4 is 17.2 Å². The van der Waals surface area contributed by atoms with Gasteiger partial charge in [-0.3, -0.25) is 0 Å². The molecule has 2 rings (SSSR count). The summed E-state index contributed by atoms with van der Waals surface area (Å²) in [6.45, 7) is 4.13. The van der Waals surface area contributed by atoms with Crippen LogP contribution in [0, 0.1) is 0 Å². The summed E-state index contributed by atoms with van der Waals surface area (Å²) in [4.78, 5) is 12.5. The van der Waals surface area contributed by atoms with Crippen LogP contribution in [-0.4, -0.2) is 58.0 Å². The van der Waals surface area contributed by atoms with Gasteiger partial charge in [0.25, 0.3) is 0 Å². The number of hydrogen-bond acceptors (Lipinski definition) is 3. The molecule has 0 aromatic carbocycles. The number of rotatable bonds is 1. The summed E-state index contributed by atoms with van der Waals surface area (Å²) in [5.41, 5.74) is 0. The number of hydrogen-bond donors (Lipinski definition) is 1. The van der Waals surface area contributed by atoms with Crippen molar-refractivity contribution in [3.05, 3.63) is 18.2 Å². The third-order valence-electron chi connectivity index (χ3n) is 2.49. The van der Waals surface area contributed by atoms with Crippen molar-refractivity contribution in [2.45, 2.75) is 0 Å². The number of nitrogens with one attached hydrogen (secondary N) is 1. The minimum absolute atomic E-state index is 0.810. The predicted molar refractivity (Wildman–Crippen MR) is 59.4 cm³/mol. The van der Waals surface area contributed by atoms with Gasteiger partial charge in [-0.1, -0.05) is 12.2 Å². The second-order valence-corrected chi connectivity index (χ2v) is 3.92. The summed E-state index contributed by atoms with van der Waals surface area (Å²) in [5, 5.41) is 0. The van der Waals surface area contributed by atoms with Crippen molar-refractivity contribution < 1.29 is 0 Å². The Bertz CT molecular complexity index is 301. The molecule has 0 radical (unpaired) electrons. The van der Waals surface area contributed by atoms with Crippen LogP contribution < -0.4 is 0 Å². The number of likely N-dealkylation sites (N-methyl/N-ethyl adjacent to an activating group) is 1. The largest absolute Gasteiger partial charge is 0.357 e. The molecule has 4 nitrogen and oxygen atoms in total. The molecule has 1 aliphatic rings.